The van der Waals surface area contributed by atoms with Crippen LogP contribution in [-0.2, 0) is 16.0 Å². The molecule has 0 bridgehead atoms. The minimum absolute atomic E-state index is 0.165. The second-order valence-electron chi connectivity index (χ2n) is 5.84. The van der Waals surface area contributed by atoms with Gasteiger partial charge in [0.25, 0.3) is 0 Å². The van der Waals surface area contributed by atoms with Crippen LogP contribution >= 0.6 is 0 Å². The van der Waals surface area contributed by atoms with Crippen molar-refractivity contribution in [2.75, 3.05) is 19.7 Å². The third kappa shape index (κ3) is 4.72. The largest absolute Gasteiger partial charge is 0.486 e. The molecule has 1 atom stereocenters. The van der Waals surface area contributed by atoms with Crippen molar-refractivity contribution < 1.29 is 23.5 Å². The zero-order chi connectivity index (χ0) is 18.4. The van der Waals surface area contributed by atoms with Gasteiger partial charge in [0.1, 0.15) is 18.5 Å². The average Bonchev–Trinajstić information content (AvgIpc) is 2.67. The summed E-state index contributed by atoms with van der Waals surface area (Å²) in [6.45, 7) is 0.746. The van der Waals surface area contributed by atoms with Gasteiger partial charge in [0.15, 0.2) is 11.5 Å². The minimum Gasteiger partial charge on any atom is -0.486 e. The topological polar surface area (TPSA) is 76.7 Å². The Bertz CT molecular complexity index is 779. The zero-order valence-corrected chi connectivity index (χ0v) is 14.0. The summed E-state index contributed by atoms with van der Waals surface area (Å²) in [5.74, 6) is -0.486. The number of rotatable bonds is 5. The summed E-state index contributed by atoms with van der Waals surface area (Å²) in [6.07, 6.45) is 0.149. The molecular weight excluding hydrogens is 339 g/mol. The number of hydrogen-bond acceptors (Lipinski definition) is 4. The molecule has 2 amide bonds. The SMILES string of the molecule is O=C(NCCc1ccc(F)cc1)C(=O)NCC1COc2ccccc2O1. The molecule has 136 valence electrons. The fourth-order valence-electron chi connectivity index (χ4n) is 2.50. The molecule has 3 rings (SSSR count). The van der Waals surface area contributed by atoms with Crippen LogP contribution in [0.5, 0.6) is 11.5 Å². The van der Waals surface area contributed by atoms with E-state index in [9.17, 15) is 14.0 Å². The molecule has 1 aliphatic heterocycles. The van der Waals surface area contributed by atoms with Crippen molar-refractivity contribution in [1.82, 2.24) is 10.6 Å². The summed E-state index contributed by atoms with van der Waals surface area (Å²) in [7, 11) is 0. The van der Waals surface area contributed by atoms with Crippen LogP contribution < -0.4 is 20.1 Å². The first-order valence-electron chi connectivity index (χ1n) is 8.31. The minimum atomic E-state index is -0.730. The summed E-state index contributed by atoms with van der Waals surface area (Å²) in [4.78, 5) is 23.7. The molecule has 0 spiro atoms. The Hall–Kier alpha value is -3.09. The van der Waals surface area contributed by atoms with Gasteiger partial charge in [-0.2, -0.15) is 0 Å². The Morgan fingerprint density at radius 3 is 2.46 bits per heavy atom. The van der Waals surface area contributed by atoms with Crippen molar-refractivity contribution in [2.45, 2.75) is 12.5 Å². The number of carbonyl (C=O) groups is 2. The van der Waals surface area contributed by atoms with Crippen LogP contribution in [0.4, 0.5) is 4.39 Å². The van der Waals surface area contributed by atoms with E-state index in [0.29, 0.717) is 24.5 Å². The van der Waals surface area contributed by atoms with Crippen LogP contribution in [0.25, 0.3) is 0 Å². The standard InChI is InChI=1S/C19H19FN2O4/c20-14-7-5-13(6-8-14)9-10-21-18(23)19(24)22-11-15-12-25-16-3-1-2-4-17(16)26-15/h1-8,15H,9-12H2,(H,21,23)(H,22,24). The van der Waals surface area contributed by atoms with Crippen LogP contribution in [-0.4, -0.2) is 37.6 Å². The van der Waals surface area contributed by atoms with E-state index < -0.39 is 11.8 Å². The molecule has 6 nitrogen and oxygen atoms in total. The zero-order valence-electron chi connectivity index (χ0n) is 14.0. The van der Waals surface area contributed by atoms with Crippen LogP contribution in [0.2, 0.25) is 0 Å². The molecule has 2 aromatic rings. The molecule has 0 aromatic heterocycles. The quantitative estimate of drug-likeness (QED) is 0.793. The van der Waals surface area contributed by atoms with Gasteiger partial charge in [-0.15, -0.1) is 0 Å². The predicted molar refractivity (Wildman–Crippen MR) is 92.5 cm³/mol. The molecule has 0 saturated carbocycles. The molecule has 7 heteroatoms. The molecule has 2 aromatic carbocycles. The van der Waals surface area contributed by atoms with E-state index in [4.69, 9.17) is 9.47 Å². The predicted octanol–water partition coefficient (Wildman–Crippen LogP) is 1.44. The molecule has 0 radical (unpaired) electrons. The number of benzene rings is 2. The molecule has 0 saturated heterocycles. The maximum Gasteiger partial charge on any atom is 0.309 e. The van der Waals surface area contributed by atoms with E-state index in [0.717, 1.165) is 5.56 Å². The molecule has 0 fully saturated rings. The highest BCUT2D eigenvalue weighted by Gasteiger charge is 2.22. The van der Waals surface area contributed by atoms with Crippen molar-refractivity contribution >= 4 is 11.8 Å². The molecule has 0 aliphatic carbocycles. The third-order valence-corrected chi connectivity index (χ3v) is 3.88. The van der Waals surface area contributed by atoms with Crippen molar-refractivity contribution in [2.24, 2.45) is 0 Å². The number of hydrogen-bond donors (Lipinski definition) is 2. The number of amides is 2. The van der Waals surface area contributed by atoms with Crippen molar-refractivity contribution in [3.63, 3.8) is 0 Å². The van der Waals surface area contributed by atoms with Gasteiger partial charge in [-0.3, -0.25) is 9.59 Å². The molecule has 26 heavy (non-hydrogen) atoms. The van der Waals surface area contributed by atoms with Gasteiger partial charge in [0.2, 0.25) is 0 Å². The number of halogens is 1. The Balaban J connectivity index is 1.38. The van der Waals surface area contributed by atoms with Gasteiger partial charge in [0, 0.05) is 6.54 Å². The molecule has 1 unspecified atom stereocenters. The number of ether oxygens (including phenoxy) is 2. The number of fused-ring (bicyclic) bond motifs is 1. The normalized spacial score (nSPS) is 15.2. The molecule has 2 N–H and O–H groups in total. The van der Waals surface area contributed by atoms with Crippen molar-refractivity contribution in [1.29, 1.82) is 0 Å². The summed E-state index contributed by atoms with van der Waals surface area (Å²) in [5.41, 5.74) is 0.874. The van der Waals surface area contributed by atoms with E-state index in [1.54, 1.807) is 24.3 Å². The second kappa shape index (κ2) is 8.33. The van der Waals surface area contributed by atoms with E-state index in [-0.39, 0.29) is 25.0 Å². The second-order valence-corrected chi connectivity index (χ2v) is 5.84. The van der Waals surface area contributed by atoms with E-state index in [1.807, 2.05) is 12.1 Å². The lowest BCUT2D eigenvalue weighted by atomic mass is 10.1. The van der Waals surface area contributed by atoms with Crippen molar-refractivity contribution in [3.8, 4) is 11.5 Å². The maximum atomic E-state index is 12.8. The number of carbonyl (C=O) groups excluding carboxylic acids is 2. The summed E-state index contributed by atoms with van der Waals surface area (Å²) >= 11 is 0. The Morgan fingerprint density at radius 1 is 1.00 bits per heavy atom. The average molecular weight is 358 g/mol. The lowest BCUT2D eigenvalue weighted by molar-refractivity contribution is -0.139. The first-order chi connectivity index (χ1) is 12.6. The lowest BCUT2D eigenvalue weighted by Crippen LogP contribution is -2.46. The highest BCUT2D eigenvalue weighted by atomic mass is 19.1. The van der Waals surface area contributed by atoms with Gasteiger partial charge in [0.05, 0.1) is 6.54 Å². The van der Waals surface area contributed by atoms with Crippen molar-refractivity contribution in [3.05, 3.63) is 59.9 Å². The van der Waals surface area contributed by atoms with Crippen LogP contribution in [0, 0.1) is 5.82 Å². The monoisotopic (exact) mass is 358 g/mol. The lowest BCUT2D eigenvalue weighted by Gasteiger charge is -2.26. The van der Waals surface area contributed by atoms with Gasteiger partial charge >= 0.3 is 11.8 Å². The fourth-order valence-corrected chi connectivity index (χ4v) is 2.50. The van der Waals surface area contributed by atoms with Gasteiger partial charge < -0.3 is 20.1 Å². The highest BCUT2D eigenvalue weighted by molar-refractivity contribution is 6.35. The summed E-state index contributed by atoms with van der Waals surface area (Å²) in [6, 6.07) is 13.3. The smallest absolute Gasteiger partial charge is 0.309 e. The molecule has 1 heterocycles. The van der Waals surface area contributed by atoms with Gasteiger partial charge in [-0.05, 0) is 36.2 Å². The van der Waals surface area contributed by atoms with Crippen LogP contribution in [0.3, 0.4) is 0 Å². The summed E-state index contributed by atoms with van der Waals surface area (Å²) in [5, 5.41) is 5.07. The maximum absolute atomic E-state index is 12.8. The number of nitrogens with one attached hydrogen (secondary N) is 2. The number of para-hydroxylation sites is 2. The van der Waals surface area contributed by atoms with E-state index in [1.165, 1.54) is 12.1 Å². The Morgan fingerprint density at radius 2 is 1.69 bits per heavy atom. The van der Waals surface area contributed by atoms with Crippen LogP contribution in [0.15, 0.2) is 48.5 Å². The van der Waals surface area contributed by atoms with Crippen LogP contribution in [0.1, 0.15) is 5.56 Å². The van der Waals surface area contributed by atoms with Gasteiger partial charge in [-0.25, -0.2) is 4.39 Å². The third-order valence-electron chi connectivity index (χ3n) is 3.88. The first-order valence-corrected chi connectivity index (χ1v) is 8.31. The van der Waals surface area contributed by atoms with E-state index in [2.05, 4.69) is 10.6 Å². The molecule has 1 aliphatic rings. The van der Waals surface area contributed by atoms with E-state index >= 15 is 0 Å². The Kier molecular flexibility index (Phi) is 5.68. The fraction of sp³-hybridized carbons (Fsp3) is 0.263. The first kappa shape index (κ1) is 17.7. The summed E-state index contributed by atoms with van der Waals surface area (Å²) < 4.78 is 24.1. The molecular formula is C19H19FN2O4. The van der Waals surface area contributed by atoms with Gasteiger partial charge in [-0.1, -0.05) is 24.3 Å². The Labute approximate surface area is 150 Å². The highest BCUT2D eigenvalue weighted by Crippen LogP contribution is 2.30.